The molecule has 5 heteroatoms. The predicted molar refractivity (Wildman–Crippen MR) is 175 cm³/mol. The summed E-state index contributed by atoms with van der Waals surface area (Å²) >= 11 is 0. The van der Waals surface area contributed by atoms with Crippen LogP contribution in [0.2, 0.25) is 0 Å². The zero-order valence-electron chi connectivity index (χ0n) is 27.9. The maximum atomic E-state index is 12.4. The van der Waals surface area contributed by atoms with E-state index in [1.807, 2.05) is 0 Å². The zero-order chi connectivity index (χ0) is 30.2. The Morgan fingerprint density at radius 3 is 1.51 bits per heavy atom. The van der Waals surface area contributed by atoms with Gasteiger partial charge in [-0.05, 0) is 84.8 Å². The molecule has 0 aromatic heterocycles. The van der Waals surface area contributed by atoms with E-state index in [1.54, 1.807) is 0 Å². The number of hydrogen-bond donors (Lipinski definition) is 0. The Hall–Kier alpha value is -1.36. The summed E-state index contributed by atoms with van der Waals surface area (Å²) in [5.41, 5.74) is 0. The third-order valence-corrected chi connectivity index (χ3v) is 7.96. The summed E-state index contributed by atoms with van der Waals surface area (Å²) in [5.74, 6) is -0.0835. The highest BCUT2D eigenvalue weighted by atomic mass is 16.5. The summed E-state index contributed by atoms with van der Waals surface area (Å²) in [6.45, 7) is 3.20. The number of carbonyl (C=O) groups is 2. The SMILES string of the molecule is CCCCCCCCC(CCCCCCCCCCC=CCCCCCCCC(=O)OC)OC(=O)CCCN(C)C. The maximum absolute atomic E-state index is 12.4. The Morgan fingerprint density at radius 1 is 0.585 bits per heavy atom. The molecule has 0 heterocycles. The molecule has 0 fully saturated rings. The number of esters is 2. The lowest BCUT2D eigenvalue weighted by Gasteiger charge is -2.18. The van der Waals surface area contributed by atoms with Crippen LogP contribution in [0.4, 0.5) is 0 Å². The minimum atomic E-state index is -0.0851. The lowest BCUT2D eigenvalue weighted by Crippen LogP contribution is -2.20. The van der Waals surface area contributed by atoms with Crippen molar-refractivity contribution in [3.63, 3.8) is 0 Å². The number of hydrogen-bond acceptors (Lipinski definition) is 5. The molecule has 0 N–H and O–H groups in total. The number of rotatable bonds is 31. The van der Waals surface area contributed by atoms with Gasteiger partial charge in [-0.15, -0.1) is 0 Å². The van der Waals surface area contributed by atoms with Crippen molar-refractivity contribution in [2.24, 2.45) is 0 Å². The number of allylic oxidation sites excluding steroid dienone is 2. The van der Waals surface area contributed by atoms with Gasteiger partial charge in [0.1, 0.15) is 6.10 Å². The molecule has 0 saturated carbocycles. The molecule has 0 spiro atoms. The highest BCUT2D eigenvalue weighted by Gasteiger charge is 2.14. The second-order valence-corrected chi connectivity index (χ2v) is 12.3. The summed E-state index contributed by atoms with van der Waals surface area (Å²) in [7, 11) is 5.56. The number of methoxy groups -OCH3 is 1. The molecule has 242 valence electrons. The van der Waals surface area contributed by atoms with Crippen molar-refractivity contribution in [2.45, 2.75) is 180 Å². The first kappa shape index (κ1) is 39.6. The maximum Gasteiger partial charge on any atom is 0.306 e. The van der Waals surface area contributed by atoms with E-state index in [1.165, 1.54) is 129 Å². The van der Waals surface area contributed by atoms with Crippen molar-refractivity contribution in [3.05, 3.63) is 12.2 Å². The highest BCUT2D eigenvalue weighted by molar-refractivity contribution is 5.69. The molecule has 0 bridgehead atoms. The summed E-state index contributed by atoms with van der Waals surface area (Å²) in [6.07, 6.45) is 35.3. The number of nitrogens with zero attached hydrogens (tertiary/aromatic N) is 1. The fraction of sp³-hybridized carbons (Fsp3) is 0.889. The van der Waals surface area contributed by atoms with E-state index < -0.39 is 0 Å². The number of carbonyl (C=O) groups excluding carboxylic acids is 2. The Morgan fingerprint density at radius 2 is 1.02 bits per heavy atom. The molecule has 1 unspecified atom stereocenters. The standard InChI is InChI=1S/C36H69NO4/c1-5-6-7-8-22-25-29-34(41-36(39)32-28-33-37(2)3)30-26-23-20-18-16-14-12-10-9-11-13-15-17-19-21-24-27-31-35(38)40-4/h11,13,34H,5-10,12,14-33H2,1-4H3. The largest absolute Gasteiger partial charge is 0.469 e. The lowest BCUT2D eigenvalue weighted by atomic mass is 10.0. The van der Waals surface area contributed by atoms with Crippen molar-refractivity contribution >= 4 is 11.9 Å². The fourth-order valence-electron chi connectivity index (χ4n) is 5.29. The second-order valence-electron chi connectivity index (χ2n) is 12.3. The van der Waals surface area contributed by atoms with E-state index in [4.69, 9.17) is 4.74 Å². The average molecular weight is 580 g/mol. The molecule has 0 amide bonds. The molecule has 0 saturated heterocycles. The van der Waals surface area contributed by atoms with Crippen molar-refractivity contribution in [3.8, 4) is 0 Å². The van der Waals surface area contributed by atoms with E-state index in [2.05, 4.69) is 42.8 Å². The molecule has 0 rings (SSSR count). The smallest absolute Gasteiger partial charge is 0.306 e. The van der Waals surface area contributed by atoms with Gasteiger partial charge in [-0.3, -0.25) is 9.59 Å². The van der Waals surface area contributed by atoms with Crippen LogP contribution in [-0.2, 0) is 19.1 Å². The third kappa shape index (κ3) is 31.4. The summed E-state index contributed by atoms with van der Waals surface area (Å²) < 4.78 is 10.6. The van der Waals surface area contributed by atoms with Crippen molar-refractivity contribution in [2.75, 3.05) is 27.7 Å². The van der Waals surface area contributed by atoms with Crippen molar-refractivity contribution in [1.82, 2.24) is 4.90 Å². The Bertz CT molecular complexity index is 604. The molecule has 1 atom stereocenters. The van der Waals surface area contributed by atoms with Crippen LogP contribution in [0.5, 0.6) is 0 Å². The minimum Gasteiger partial charge on any atom is -0.469 e. The Kier molecular flexibility index (Phi) is 30.5. The van der Waals surface area contributed by atoms with Gasteiger partial charge in [0.05, 0.1) is 7.11 Å². The van der Waals surface area contributed by atoms with Crippen LogP contribution in [0, 0.1) is 0 Å². The van der Waals surface area contributed by atoms with Gasteiger partial charge in [-0.2, -0.15) is 0 Å². The molecule has 0 aliphatic heterocycles. The molecule has 0 aliphatic rings. The first-order valence-electron chi connectivity index (χ1n) is 17.6. The number of unbranched alkanes of at least 4 members (excludes halogenated alkanes) is 18. The fourth-order valence-corrected chi connectivity index (χ4v) is 5.29. The van der Waals surface area contributed by atoms with E-state index in [9.17, 15) is 9.59 Å². The van der Waals surface area contributed by atoms with Crippen LogP contribution < -0.4 is 0 Å². The van der Waals surface area contributed by atoms with Gasteiger partial charge in [0.2, 0.25) is 0 Å². The molecular formula is C36H69NO4. The van der Waals surface area contributed by atoms with Crippen LogP contribution in [0.15, 0.2) is 12.2 Å². The first-order chi connectivity index (χ1) is 20.0. The van der Waals surface area contributed by atoms with Crippen molar-refractivity contribution in [1.29, 1.82) is 0 Å². The van der Waals surface area contributed by atoms with Gasteiger partial charge >= 0.3 is 11.9 Å². The van der Waals surface area contributed by atoms with E-state index in [0.717, 1.165) is 38.6 Å². The van der Waals surface area contributed by atoms with Gasteiger partial charge in [0.15, 0.2) is 0 Å². The molecule has 0 aliphatic carbocycles. The molecule has 0 aromatic rings. The van der Waals surface area contributed by atoms with E-state index in [-0.39, 0.29) is 18.0 Å². The lowest BCUT2D eigenvalue weighted by molar-refractivity contribution is -0.150. The van der Waals surface area contributed by atoms with Crippen LogP contribution in [0.1, 0.15) is 174 Å². The quantitative estimate of drug-likeness (QED) is 0.0464. The van der Waals surface area contributed by atoms with Gasteiger partial charge in [0.25, 0.3) is 0 Å². The first-order valence-corrected chi connectivity index (χ1v) is 17.6. The molecule has 0 radical (unpaired) electrons. The van der Waals surface area contributed by atoms with Crippen LogP contribution >= 0.6 is 0 Å². The number of ether oxygens (including phenoxy) is 2. The topological polar surface area (TPSA) is 55.8 Å². The normalized spacial score (nSPS) is 12.3. The second kappa shape index (κ2) is 31.6. The Balaban J connectivity index is 3.75. The molecule has 41 heavy (non-hydrogen) atoms. The summed E-state index contributed by atoms with van der Waals surface area (Å²) in [4.78, 5) is 25.6. The average Bonchev–Trinajstić information content (AvgIpc) is 2.95. The van der Waals surface area contributed by atoms with Gasteiger partial charge < -0.3 is 14.4 Å². The molecule has 0 aromatic carbocycles. The Labute approximate surface area is 255 Å². The summed E-state index contributed by atoms with van der Waals surface area (Å²) in [6, 6.07) is 0. The van der Waals surface area contributed by atoms with Crippen LogP contribution in [0.3, 0.4) is 0 Å². The van der Waals surface area contributed by atoms with Gasteiger partial charge in [-0.1, -0.05) is 109 Å². The van der Waals surface area contributed by atoms with E-state index in [0.29, 0.717) is 12.8 Å². The van der Waals surface area contributed by atoms with Crippen molar-refractivity contribution < 1.29 is 19.1 Å². The monoisotopic (exact) mass is 580 g/mol. The van der Waals surface area contributed by atoms with E-state index >= 15 is 0 Å². The van der Waals surface area contributed by atoms with Crippen LogP contribution in [0.25, 0.3) is 0 Å². The molecular weight excluding hydrogens is 510 g/mol. The van der Waals surface area contributed by atoms with Gasteiger partial charge in [-0.25, -0.2) is 0 Å². The minimum absolute atomic E-state index is 0.00162. The highest BCUT2D eigenvalue weighted by Crippen LogP contribution is 2.18. The summed E-state index contributed by atoms with van der Waals surface area (Å²) in [5, 5.41) is 0. The zero-order valence-corrected chi connectivity index (χ0v) is 27.9. The molecule has 5 nitrogen and oxygen atoms in total. The van der Waals surface area contributed by atoms with Gasteiger partial charge in [0, 0.05) is 12.8 Å². The third-order valence-electron chi connectivity index (χ3n) is 7.96. The predicted octanol–water partition coefficient (Wildman–Crippen LogP) is 10.4. The van der Waals surface area contributed by atoms with Crippen LogP contribution in [-0.4, -0.2) is 50.7 Å².